The number of anilines is 2. The fraction of sp³-hybridized carbons (Fsp3) is 0.263. The van der Waals surface area contributed by atoms with E-state index < -0.39 is 0 Å². The smallest absolute Gasteiger partial charge is 0.229 e. The molecule has 1 aromatic carbocycles. The Hall–Kier alpha value is -2.64. The fourth-order valence-corrected chi connectivity index (χ4v) is 3.84. The quantitative estimate of drug-likeness (QED) is 0.699. The monoisotopic (exact) mass is 416 g/mol. The standard InChI is InChI=1S/C19H18Cl2N6O/c20-14-7-15(21)9-16(8-14)25-19(28)13-3-1-5-26(11-13)17-10-18(23-12-22-17)27-6-2-4-24-27/h2,4,6-10,12-13H,1,3,5,11H2,(H,25,28). The van der Waals surface area contributed by atoms with E-state index in [-0.39, 0.29) is 11.8 Å². The Labute approximate surface area is 172 Å². The van der Waals surface area contributed by atoms with Gasteiger partial charge in [-0.1, -0.05) is 23.2 Å². The van der Waals surface area contributed by atoms with Crippen LogP contribution in [0.25, 0.3) is 5.82 Å². The van der Waals surface area contributed by atoms with Crippen LogP contribution in [-0.2, 0) is 4.79 Å². The highest BCUT2D eigenvalue weighted by molar-refractivity contribution is 6.35. The molecule has 1 N–H and O–H groups in total. The summed E-state index contributed by atoms with van der Waals surface area (Å²) in [4.78, 5) is 23.5. The number of amides is 1. The Morgan fingerprint density at radius 2 is 1.89 bits per heavy atom. The van der Waals surface area contributed by atoms with E-state index in [4.69, 9.17) is 23.2 Å². The van der Waals surface area contributed by atoms with Crippen molar-refractivity contribution in [3.8, 4) is 5.82 Å². The topological polar surface area (TPSA) is 75.9 Å². The zero-order valence-corrected chi connectivity index (χ0v) is 16.4. The molecule has 7 nitrogen and oxygen atoms in total. The van der Waals surface area contributed by atoms with Crippen LogP contribution in [0, 0.1) is 5.92 Å². The van der Waals surface area contributed by atoms with Crippen LogP contribution in [0.1, 0.15) is 12.8 Å². The zero-order chi connectivity index (χ0) is 19.5. The Morgan fingerprint density at radius 3 is 2.64 bits per heavy atom. The highest BCUT2D eigenvalue weighted by Gasteiger charge is 2.27. The van der Waals surface area contributed by atoms with Crippen LogP contribution in [0.4, 0.5) is 11.5 Å². The summed E-state index contributed by atoms with van der Waals surface area (Å²) in [5.41, 5.74) is 0.600. The molecule has 1 atom stereocenters. The van der Waals surface area contributed by atoms with Gasteiger partial charge in [0.15, 0.2) is 5.82 Å². The number of aromatic nitrogens is 4. The van der Waals surface area contributed by atoms with Crippen LogP contribution < -0.4 is 10.2 Å². The fourth-order valence-electron chi connectivity index (χ4n) is 3.31. The third-order valence-electron chi connectivity index (χ3n) is 4.62. The minimum atomic E-state index is -0.158. The molecule has 0 radical (unpaired) electrons. The molecule has 0 bridgehead atoms. The molecule has 2 aromatic heterocycles. The van der Waals surface area contributed by atoms with Gasteiger partial charge in [0.25, 0.3) is 0 Å². The minimum absolute atomic E-state index is 0.0515. The SMILES string of the molecule is O=C(Nc1cc(Cl)cc(Cl)c1)C1CCCN(c2cc(-n3cccn3)ncn2)C1. The van der Waals surface area contributed by atoms with Gasteiger partial charge in [-0.05, 0) is 37.1 Å². The first-order valence-corrected chi connectivity index (χ1v) is 9.68. The number of rotatable bonds is 4. The number of halogens is 2. The number of nitrogens with one attached hydrogen (secondary N) is 1. The Balaban J connectivity index is 1.47. The number of piperidine rings is 1. The summed E-state index contributed by atoms with van der Waals surface area (Å²) in [5, 5.41) is 8.09. The maximum atomic E-state index is 12.7. The number of hydrogen-bond acceptors (Lipinski definition) is 5. The van der Waals surface area contributed by atoms with Crippen LogP contribution in [-0.4, -0.2) is 38.7 Å². The summed E-state index contributed by atoms with van der Waals surface area (Å²) in [6.45, 7) is 1.41. The molecule has 1 aliphatic rings. The van der Waals surface area contributed by atoms with E-state index in [2.05, 4.69) is 25.3 Å². The average molecular weight is 417 g/mol. The van der Waals surface area contributed by atoms with Crippen molar-refractivity contribution >= 4 is 40.6 Å². The first-order valence-electron chi connectivity index (χ1n) is 8.92. The van der Waals surface area contributed by atoms with E-state index in [0.717, 1.165) is 25.2 Å². The maximum absolute atomic E-state index is 12.7. The molecule has 0 spiro atoms. The van der Waals surface area contributed by atoms with Crippen molar-refractivity contribution in [2.75, 3.05) is 23.3 Å². The molecule has 0 saturated carbocycles. The second-order valence-corrected chi connectivity index (χ2v) is 7.49. The lowest BCUT2D eigenvalue weighted by molar-refractivity contribution is -0.120. The van der Waals surface area contributed by atoms with Crippen LogP contribution in [0.2, 0.25) is 10.0 Å². The predicted octanol–water partition coefficient (Wildman–Crippen LogP) is 3.82. The molecule has 3 heterocycles. The Kier molecular flexibility index (Phi) is 5.45. The second kappa shape index (κ2) is 8.16. The van der Waals surface area contributed by atoms with Crippen LogP contribution in [0.3, 0.4) is 0 Å². The van der Waals surface area contributed by atoms with Gasteiger partial charge >= 0.3 is 0 Å². The normalized spacial score (nSPS) is 16.8. The lowest BCUT2D eigenvalue weighted by atomic mass is 9.97. The summed E-state index contributed by atoms with van der Waals surface area (Å²) >= 11 is 12.0. The molecule has 1 saturated heterocycles. The summed E-state index contributed by atoms with van der Waals surface area (Å²) in [6, 6.07) is 8.72. The average Bonchev–Trinajstić information content (AvgIpc) is 3.22. The third kappa shape index (κ3) is 4.26. The Morgan fingerprint density at radius 1 is 1.11 bits per heavy atom. The van der Waals surface area contributed by atoms with Gasteiger partial charge in [0.05, 0.1) is 5.92 Å². The minimum Gasteiger partial charge on any atom is -0.356 e. The molecule has 4 rings (SSSR count). The van der Waals surface area contributed by atoms with E-state index in [9.17, 15) is 4.79 Å². The van der Waals surface area contributed by atoms with Crippen molar-refractivity contribution in [2.24, 2.45) is 5.92 Å². The van der Waals surface area contributed by atoms with Crippen molar-refractivity contribution in [3.05, 3.63) is 59.1 Å². The molecule has 1 aliphatic heterocycles. The molecule has 1 unspecified atom stereocenters. The van der Waals surface area contributed by atoms with E-state index in [1.807, 2.05) is 18.3 Å². The molecule has 0 aliphatic carbocycles. The van der Waals surface area contributed by atoms with Crippen LogP contribution >= 0.6 is 23.2 Å². The zero-order valence-electron chi connectivity index (χ0n) is 14.9. The van der Waals surface area contributed by atoms with Crippen molar-refractivity contribution in [3.63, 3.8) is 0 Å². The van der Waals surface area contributed by atoms with Crippen LogP contribution in [0.15, 0.2) is 49.1 Å². The molecule has 9 heteroatoms. The predicted molar refractivity (Wildman–Crippen MR) is 109 cm³/mol. The van der Waals surface area contributed by atoms with E-state index in [1.54, 1.807) is 29.1 Å². The lowest BCUT2D eigenvalue weighted by Crippen LogP contribution is -2.41. The first kappa shape index (κ1) is 18.7. The molecule has 1 amide bonds. The molecule has 3 aromatic rings. The maximum Gasteiger partial charge on any atom is 0.229 e. The number of carbonyl (C=O) groups excluding carboxylic acids is 1. The summed E-state index contributed by atoms with van der Waals surface area (Å²) in [6.07, 6.45) is 6.76. The largest absolute Gasteiger partial charge is 0.356 e. The second-order valence-electron chi connectivity index (χ2n) is 6.62. The third-order valence-corrected chi connectivity index (χ3v) is 5.06. The lowest BCUT2D eigenvalue weighted by Gasteiger charge is -2.32. The number of carbonyl (C=O) groups is 1. The van der Waals surface area contributed by atoms with E-state index in [0.29, 0.717) is 28.1 Å². The number of nitrogens with zero attached hydrogens (tertiary/aromatic N) is 5. The molecule has 144 valence electrons. The van der Waals surface area contributed by atoms with Crippen molar-refractivity contribution < 1.29 is 4.79 Å². The van der Waals surface area contributed by atoms with Gasteiger partial charge in [-0.25, -0.2) is 14.6 Å². The summed E-state index contributed by atoms with van der Waals surface area (Å²) in [5.74, 6) is 1.26. The van der Waals surface area contributed by atoms with Crippen LogP contribution in [0.5, 0.6) is 0 Å². The van der Waals surface area contributed by atoms with Gasteiger partial charge in [0.2, 0.25) is 5.91 Å². The molecule has 1 fully saturated rings. The highest BCUT2D eigenvalue weighted by atomic mass is 35.5. The van der Waals surface area contributed by atoms with Gasteiger partial charge < -0.3 is 10.2 Å². The Bertz CT molecular complexity index is 958. The van der Waals surface area contributed by atoms with Gasteiger partial charge in [0.1, 0.15) is 12.1 Å². The summed E-state index contributed by atoms with van der Waals surface area (Å²) < 4.78 is 1.68. The number of benzene rings is 1. The van der Waals surface area contributed by atoms with Crippen molar-refractivity contribution in [2.45, 2.75) is 12.8 Å². The van der Waals surface area contributed by atoms with Gasteiger partial charge in [-0.15, -0.1) is 0 Å². The molecular weight excluding hydrogens is 399 g/mol. The van der Waals surface area contributed by atoms with Gasteiger partial charge in [-0.2, -0.15) is 5.10 Å². The van der Waals surface area contributed by atoms with Crippen molar-refractivity contribution in [1.29, 1.82) is 0 Å². The molecular formula is C19H18Cl2N6O. The molecule has 28 heavy (non-hydrogen) atoms. The first-order chi connectivity index (χ1) is 13.6. The van der Waals surface area contributed by atoms with E-state index in [1.165, 1.54) is 6.33 Å². The van der Waals surface area contributed by atoms with E-state index >= 15 is 0 Å². The summed E-state index contributed by atoms with van der Waals surface area (Å²) in [7, 11) is 0. The number of hydrogen-bond donors (Lipinski definition) is 1. The highest BCUT2D eigenvalue weighted by Crippen LogP contribution is 2.26. The van der Waals surface area contributed by atoms with Gasteiger partial charge in [-0.3, -0.25) is 4.79 Å². The van der Waals surface area contributed by atoms with Crippen molar-refractivity contribution in [1.82, 2.24) is 19.7 Å². The van der Waals surface area contributed by atoms with Gasteiger partial charge in [0, 0.05) is 47.3 Å².